The first-order valence-corrected chi connectivity index (χ1v) is 6.80. The van der Waals surface area contributed by atoms with Gasteiger partial charge in [-0.05, 0) is 24.6 Å². The van der Waals surface area contributed by atoms with Crippen LogP contribution in [0.1, 0.15) is 5.56 Å². The van der Waals surface area contributed by atoms with Crippen molar-refractivity contribution in [1.29, 1.82) is 0 Å². The Morgan fingerprint density at radius 2 is 2.25 bits per heavy atom. The number of hydrazone groups is 1. The molecule has 1 rings (SSSR count). The van der Waals surface area contributed by atoms with E-state index in [0.29, 0.717) is 0 Å². The third kappa shape index (κ3) is 3.74. The second-order valence-electron chi connectivity index (χ2n) is 2.69. The van der Waals surface area contributed by atoms with Crippen LogP contribution in [-0.2, 0) is 0 Å². The van der Waals surface area contributed by atoms with Crippen molar-refractivity contribution in [2.24, 2.45) is 10.8 Å². The number of rotatable bonds is 4. The van der Waals surface area contributed by atoms with E-state index in [0.717, 1.165) is 15.6 Å². The number of carbonyl (C=O) groups is 1. The van der Waals surface area contributed by atoms with E-state index in [1.165, 1.54) is 18.0 Å². The number of hydrogen-bond acceptors (Lipinski definition) is 5. The fourth-order valence-corrected chi connectivity index (χ4v) is 1.97. The molecule has 16 heavy (non-hydrogen) atoms. The molecule has 0 fully saturated rings. The molecule has 0 saturated carbocycles. The van der Waals surface area contributed by atoms with Crippen molar-refractivity contribution in [3.05, 3.63) is 17.7 Å². The monoisotopic (exact) mass is 256 g/mol. The van der Waals surface area contributed by atoms with Gasteiger partial charge < -0.3 is 5.73 Å². The highest BCUT2D eigenvalue weighted by Crippen LogP contribution is 2.20. The van der Waals surface area contributed by atoms with Crippen molar-refractivity contribution >= 4 is 35.8 Å². The third-order valence-corrected chi connectivity index (χ3v) is 3.00. The van der Waals surface area contributed by atoms with Gasteiger partial charge in [-0.1, -0.05) is 0 Å². The van der Waals surface area contributed by atoms with Gasteiger partial charge in [0.25, 0.3) is 0 Å². The normalized spacial score (nSPS) is 10.6. The van der Waals surface area contributed by atoms with Gasteiger partial charge in [0.2, 0.25) is 0 Å². The SMILES string of the molecule is CSc1ccc(C=NNC(N)=O)c(SC)n1. The molecule has 0 aliphatic rings. The van der Waals surface area contributed by atoms with Crippen LogP contribution in [0.4, 0.5) is 4.79 Å². The Bertz CT molecular complexity index is 408. The number of thioether (sulfide) groups is 2. The summed E-state index contributed by atoms with van der Waals surface area (Å²) < 4.78 is 0. The lowest BCUT2D eigenvalue weighted by Crippen LogP contribution is -2.24. The van der Waals surface area contributed by atoms with E-state index in [9.17, 15) is 4.79 Å². The van der Waals surface area contributed by atoms with Crippen molar-refractivity contribution in [3.63, 3.8) is 0 Å². The lowest BCUT2D eigenvalue weighted by Gasteiger charge is -2.03. The number of carbonyl (C=O) groups excluding carboxylic acids is 1. The maximum atomic E-state index is 10.4. The number of amides is 2. The van der Waals surface area contributed by atoms with E-state index in [1.807, 2.05) is 24.6 Å². The minimum atomic E-state index is -0.685. The summed E-state index contributed by atoms with van der Waals surface area (Å²) >= 11 is 3.10. The predicted octanol–water partition coefficient (Wildman–Crippen LogP) is 1.53. The summed E-state index contributed by atoms with van der Waals surface area (Å²) in [4.78, 5) is 14.8. The van der Waals surface area contributed by atoms with Gasteiger partial charge in [0, 0.05) is 5.56 Å². The van der Waals surface area contributed by atoms with Crippen LogP contribution >= 0.6 is 23.5 Å². The van der Waals surface area contributed by atoms with Crippen LogP contribution in [0.2, 0.25) is 0 Å². The minimum Gasteiger partial charge on any atom is -0.350 e. The highest BCUT2D eigenvalue weighted by molar-refractivity contribution is 7.99. The first kappa shape index (κ1) is 12.9. The van der Waals surface area contributed by atoms with E-state index in [-0.39, 0.29) is 0 Å². The van der Waals surface area contributed by atoms with E-state index >= 15 is 0 Å². The molecule has 7 heteroatoms. The van der Waals surface area contributed by atoms with Crippen molar-refractivity contribution in [1.82, 2.24) is 10.4 Å². The van der Waals surface area contributed by atoms with Crippen LogP contribution in [-0.4, -0.2) is 29.7 Å². The molecule has 0 aliphatic carbocycles. The van der Waals surface area contributed by atoms with Gasteiger partial charge in [-0.15, -0.1) is 23.5 Å². The summed E-state index contributed by atoms with van der Waals surface area (Å²) in [7, 11) is 0. The molecule has 0 saturated heterocycles. The summed E-state index contributed by atoms with van der Waals surface area (Å²) in [5, 5.41) is 5.51. The van der Waals surface area contributed by atoms with Gasteiger partial charge in [0.15, 0.2) is 0 Å². The lowest BCUT2D eigenvalue weighted by molar-refractivity contribution is 0.249. The number of urea groups is 1. The average molecular weight is 256 g/mol. The number of hydrogen-bond donors (Lipinski definition) is 2. The quantitative estimate of drug-likeness (QED) is 0.486. The second kappa shape index (κ2) is 6.39. The first-order chi connectivity index (χ1) is 7.67. The Kier molecular flexibility index (Phi) is 5.13. The van der Waals surface area contributed by atoms with Gasteiger partial charge in [-0.2, -0.15) is 5.10 Å². The molecule has 0 atom stereocenters. The maximum Gasteiger partial charge on any atom is 0.332 e. The molecule has 86 valence electrons. The van der Waals surface area contributed by atoms with Gasteiger partial charge in [-0.25, -0.2) is 15.2 Å². The number of aromatic nitrogens is 1. The summed E-state index contributed by atoms with van der Waals surface area (Å²) in [6.45, 7) is 0. The standard InChI is InChI=1S/C9H12N4OS2/c1-15-7-4-3-6(8(12-7)16-2)5-11-13-9(10)14/h3-5H,1-2H3,(H3,10,13,14). The largest absolute Gasteiger partial charge is 0.350 e. The van der Waals surface area contributed by atoms with Crippen molar-refractivity contribution in [3.8, 4) is 0 Å². The summed E-state index contributed by atoms with van der Waals surface area (Å²) in [6, 6.07) is 3.11. The fourth-order valence-electron chi connectivity index (χ4n) is 0.975. The zero-order valence-corrected chi connectivity index (χ0v) is 10.6. The Labute approximate surface area is 102 Å². The van der Waals surface area contributed by atoms with Gasteiger partial charge in [-0.3, -0.25) is 0 Å². The molecule has 5 nitrogen and oxygen atoms in total. The van der Waals surface area contributed by atoms with E-state index in [4.69, 9.17) is 5.73 Å². The van der Waals surface area contributed by atoms with Crippen LogP contribution in [0.25, 0.3) is 0 Å². The molecular formula is C9H12N4OS2. The van der Waals surface area contributed by atoms with E-state index in [1.54, 1.807) is 11.8 Å². The smallest absolute Gasteiger partial charge is 0.332 e. The summed E-state index contributed by atoms with van der Waals surface area (Å²) in [5.74, 6) is 0. The number of nitrogens with one attached hydrogen (secondary N) is 1. The fraction of sp³-hybridized carbons (Fsp3) is 0.222. The lowest BCUT2D eigenvalue weighted by atomic mass is 10.3. The van der Waals surface area contributed by atoms with Crippen molar-refractivity contribution in [2.75, 3.05) is 12.5 Å². The van der Waals surface area contributed by atoms with Crippen LogP contribution in [0, 0.1) is 0 Å². The molecule has 0 unspecified atom stereocenters. The number of primary amides is 1. The summed E-state index contributed by atoms with van der Waals surface area (Å²) in [6.07, 6.45) is 5.42. The Morgan fingerprint density at radius 1 is 1.50 bits per heavy atom. The maximum absolute atomic E-state index is 10.4. The second-order valence-corrected chi connectivity index (χ2v) is 4.31. The zero-order chi connectivity index (χ0) is 12.0. The predicted molar refractivity (Wildman–Crippen MR) is 68.1 cm³/mol. The summed E-state index contributed by atoms with van der Waals surface area (Å²) in [5.41, 5.74) is 7.87. The molecular weight excluding hydrogens is 244 g/mol. The van der Waals surface area contributed by atoms with Crippen molar-refractivity contribution in [2.45, 2.75) is 10.1 Å². The Hall–Kier alpha value is -1.21. The van der Waals surface area contributed by atoms with Crippen LogP contribution in [0.15, 0.2) is 27.3 Å². The van der Waals surface area contributed by atoms with Crippen molar-refractivity contribution < 1.29 is 4.79 Å². The minimum absolute atomic E-state index is 0.685. The van der Waals surface area contributed by atoms with Crippen LogP contribution < -0.4 is 11.2 Å². The third-order valence-electron chi connectivity index (χ3n) is 1.65. The zero-order valence-electron chi connectivity index (χ0n) is 8.93. The van der Waals surface area contributed by atoms with Gasteiger partial charge in [0.1, 0.15) is 5.03 Å². The first-order valence-electron chi connectivity index (χ1n) is 4.35. The number of nitrogens with zero attached hydrogens (tertiary/aromatic N) is 2. The van der Waals surface area contributed by atoms with E-state index < -0.39 is 6.03 Å². The molecule has 2 amide bonds. The molecule has 1 aromatic heterocycles. The topological polar surface area (TPSA) is 80.4 Å². The van der Waals surface area contributed by atoms with Gasteiger partial charge >= 0.3 is 6.03 Å². The number of nitrogens with two attached hydrogens (primary N) is 1. The highest BCUT2D eigenvalue weighted by atomic mass is 32.2. The highest BCUT2D eigenvalue weighted by Gasteiger charge is 2.02. The Morgan fingerprint density at radius 3 is 2.81 bits per heavy atom. The molecule has 1 heterocycles. The molecule has 1 aromatic rings. The van der Waals surface area contributed by atoms with Crippen LogP contribution in [0.5, 0.6) is 0 Å². The molecule has 3 N–H and O–H groups in total. The molecule has 0 spiro atoms. The molecule has 0 bridgehead atoms. The van der Waals surface area contributed by atoms with Gasteiger partial charge in [0.05, 0.1) is 11.2 Å². The molecule has 0 radical (unpaired) electrons. The van der Waals surface area contributed by atoms with Crippen LogP contribution in [0.3, 0.4) is 0 Å². The van der Waals surface area contributed by atoms with E-state index in [2.05, 4.69) is 15.5 Å². The average Bonchev–Trinajstić information content (AvgIpc) is 2.29. The molecule has 0 aliphatic heterocycles. The Balaban J connectivity index is 2.87. The number of pyridine rings is 1. The molecule has 0 aromatic carbocycles.